The molecule has 4 rings (SSSR count). The van der Waals surface area contributed by atoms with Gasteiger partial charge in [0, 0.05) is 10.6 Å². The number of hydrogen-bond donors (Lipinski definition) is 0. The zero-order chi connectivity index (χ0) is 24.1. The van der Waals surface area contributed by atoms with Crippen molar-refractivity contribution in [1.29, 1.82) is 10.5 Å². The lowest BCUT2D eigenvalue weighted by Gasteiger charge is -2.28. The number of allylic oxidation sites excluding steroid dienone is 2. The molecule has 0 amide bonds. The number of halogens is 1. The number of ether oxygens (including phenoxy) is 1. The fraction of sp³-hybridized carbons (Fsp3) is 0.138. The van der Waals surface area contributed by atoms with Gasteiger partial charge in [0.2, 0.25) is 0 Å². The lowest BCUT2D eigenvalue weighted by Crippen LogP contribution is -2.28. The molecule has 0 radical (unpaired) electrons. The summed E-state index contributed by atoms with van der Waals surface area (Å²) in [6.07, 6.45) is 1.65. The molecule has 5 heteroatoms. The summed E-state index contributed by atoms with van der Waals surface area (Å²) in [5, 5.41) is 21.5. The Kier molecular flexibility index (Phi) is 6.64. The average molecular weight is 465 g/mol. The van der Waals surface area contributed by atoms with Crippen LogP contribution in [0.15, 0.2) is 102 Å². The molecule has 3 aromatic carbocycles. The van der Waals surface area contributed by atoms with Gasteiger partial charge in [-0.1, -0.05) is 90.5 Å². The zero-order valence-electron chi connectivity index (χ0n) is 18.5. The molecule has 34 heavy (non-hydrogen) atoms. The first-order valence-electron chi connectivity index (χ1n) is 10.9. The van der Waals surface area contributed by atoms with Crippen molar-refractivity contribution in [2.75, 3.05) is 6.61 Å². The van der Waals surface area contributed by atoms with Gasteiger partial charge in [-0.25, -0.2) is 4.79 Å². The molecule has 0 bridgehead atoms. The predicted molar refractivity (Wildman–Crippen MR) is 131 cm³/mol. The van der Waals surface area contributed by atoms with Crippen LogP contribution in [0.3, 0.4) is 0 Å². The van der Waals surface area contributed by atoms with Crippen molar-refractivity contribution >= 4 is 23.1 Å². The van der Waals surface area contributed by atoms with Gasteiger partial charge in [-0.15, -0.1) is 0 Å². The summed E-state index contributed by atoms with van der Waals surface area (Å²) in [6.45, 7) is 1.89. The monoisotopic (exact) mass is 464 g/mol. The van der Waals surface area contributed by atoms with E-state index < -0.39 is 17.3 Å². The van der Waals surface area contributed by atoms with Gasteiger partial charge < -0.3 is 4.74 Å². The van der Waals surface area contributed by atoms with Crippen molar-refractivity contribution in [3.8, 4) is 12.1 Å². The van der Waals surface area contributed by atoms with Gasteiger partial charge in [-0.2, -0.15) is 10.5 Å². The van der Waals surface area contributed by atoms with Gasteiger partial charge in [0.15, 0.2) is 5.41 Å². The van der Waals surface area contributed by atoms with Crippen LogP contribution in [0.2, 0.25) is 5.02 Å². The van der Waals surface area contributed by atoms with Crippen LogP contribution < -0.4 is 0 Å². The van der Waals surface area contributed by atoms with Crippen LogP contribution in [-0.2, 0) is 9.53 Å². The molecule has 166 valence electrons. The maximum absolute atomic E-state index is 13.1. The van der Waals surface area contributed by atoms with E-state index in [-0.39, 0.29) is 12.2 Å². The van der Waals surface area contributed by atoms with E-state index in [1.54, 1.807) is 37.3 Å². The third-order valence-electron chi connectivity index (χ3n) is 5.94. The molecule has 0 heterocycles. The van der Waals surface area contributed by atoms with E-state index in [4.69, 9.17) is 16.3 Å². The fourth-order valence-electron chi connectivity index (χ4n) is 4.47. The van der Waals surface area contributed by atoms with Crippen molar-refractivity contribution in [2.24, 2.45) is 5.41 Å². The molecule has 3 aromatic rings. The average Bonchev–Trinajstić information content (AvgIpc) is 3.21. The van der Waals surface area contributed by atoms with Crippen LogP contribution in [-0.4, -0.2) is 12.6 Å². The molecule has 0 aliphatic heterocycles. The van der Waals surface area contributed by atoms with Gasteiger partial charge >= 0.3 is 5.97 Å². The van der Waals surface area contributed by atoms with Gasteiger partial charge in [0.05, 0.1) is 24.7 Å². The Hall–Kier alpha value is -4.12. The SMILES string of the molecule is CCOC(=O)C1=CC(=C(c2ccccc2)c2ccccc2)C(C#N)(C#N)[C@@H]1c1ccccc1Cl. The molecule has 0 unspecified atom stereocenters. The highest BCUT2D eigenvalue weighted by Crippen LogP contribution is 2.56. The van der Waals surface area contributed by atoms with Crippen LogP contribution in [0.4, 0.5) is 0 Å². The van der Waals surface area contributed by atoms with Crippen LogP contribution >= 0.6 is 11.6 Å². The Morgan fingerprint density at radius 3 is 1.94 bits per heavy atom. The Morgan fingerprint density at radius 1 is 0.912 bits per heavy atom. The lowest BCUT2D eigenvalue weighted by atomic mass is 9.69. The number of esters is 1. The minimum Gasteiger partial charge on any atom is -0.463 e. The van der Waals surface area contributed by atoms with Gasteiger partial charge in [0.25, 0.3) is 0 Å². The molecule has 1 aliphatic carbocycles. The van der Waals surface area contributed by atoms with E-state index in [1.807, 2.05) is 60.7 Å². The number of hydrogen-bond acceptors (Lipinski definition) is 4. The summed E-state index contributed by atoms with van der Waals surface area (Å²) in [4.78, 5) is 13.1. The smallest absolute Gasteiger partial charge is 0.334 e. The topological polar surface area (TPSA) is 73.9 Å². The molecule has 0 N–H and O–H groups in total. The number of benzene rings is 3. The summed E-state index contributed by atoms with van der Waals surface area (Å²) in [5.74, 6) is -1.48. The van der Waals surface area contributed by atoms with Crippen LogP contribution in [0, 0.1) is 28.1 Å². The molecule has 1 aliphatic rings. The van der Waals surface area contributed by atoms with Crippen molar-refractivity contribution in [3.63, 3.8) is 0 Å². The van der Waals surface area contributed by atoms with Crippen molar-refractivity contribution in [2.45, 2.75) is 12.8 Å². The van der Waals surface area contributed by atoms with Crippen LogP contribution in [0.25, 0.3) is 5.57 Å². The number of nitrogens with zero attached hydrogens (tertiary/aromatic N) is 2. The second-order valence-corrected chi connectivity index (χ2v) is 8.23. The number of carbonyl (C=O) groups excluding carboxylic acids is 1. The molecular weight excluding hydrogens is 444 g/mol. The molecule has 0 saturated heterocycles. The van der Waals surface area contributed by atoms with Crippen LogP contribution in [0.5, 0.6) is 0 Å². The van der Waals surface area contributed by atoms with E-state index in [2.05, 4.69) is 12.1 Å². The van der Waals surface area contributed by atoms with Crippen molar-refractivity contribution in [1.82, 2.24) is 0 Å². The summed E-state index contributed by atoms with van der Waals surface area (Å²) in [6, 6.07) is 30.6. The molecule has 4 nitrogen and oxygen atoms in total. The Labute approximate surface area is 204 Å². The summed E-state index contributed by atoms with van der Waals surface area (Å²) in [5.41, 5.74) is 1.88. The highest BCUT2D eigenvalue weighted by molar-refractivity contribution is 6.31. The fourth-order valence-corrected chi connectivity index (χ4v) is 4.72. The molecule has 0 aromatic heterocycles. The van der Waals surface area contributed by atoms with E-state index in [9.17, 15) is 15.3 Å². The first-order chi connectivity index (χ1) is 16.6. The maximum atomic E-state index is 13.1. The first-order valence-corrected chi connectivity index (χ1v) is 11.3. The largest absolute Gasteiger partial charge is 0.463 e. The normalized spacial score (nSPS) is 16.2. The van der Waals surface area contributed by atoms with Gasteiger partial charge in [-0.3, -0.25) is 0 Å². The second-order valence-electron chi connectivity index (χ2n) is 7.83. The van der Waals surface area contributed by atoms with E-state index in [1.165, 1.54) is 0 Å². The minimum absolute atomic E-state index is 0.167. The predicted octanol–water partition coefficient (Wildman–Crippen LogP) is 6.46. The van der Waals surface area contributed by atoms with Crippen LogP contribution in [0.1, 0.15) is 29.5 Å². The Bertz CT molecular complexity index is 1310. The second kappa shape index (κ2) is 9.79. The highest BCUT2D eigenvalue weighted by Gasteiger charge is 2.53. The zero-order valence-corrected chi connectivity index (χ0v) is 19.3. The van der Waals surface area contributed by atoms with E-state index in [0.717, 1.165) is 11.1 Å². The highest BCUT2D eigenvalue weighted by atomic mass is 35.5. The minimum atomic E-state index is -1.70. The van der Waals surface area contributed by atoms with Gasteiger partial charge in [-0.05, 0) is 46.9 Å². The number of rotatable bonds is 5. The summed E-state index contributed by atoms with van der Waals surface area (Å²) >= 11 is 6.54. The van der Waals surface area contributed by atoms with Crippen molar-refractivity contribution in [3.05, 3.63) is 124 Å². The Morgan fingerprint density at radius 2 is 1.44 bits per heavy atom. The third kappa shape index (κ3) is 3.90. The lowest BCUT2D eigenvalue weighted by molar-refractivity contribution is -0.138. The number of carbonyl (C=O) groups is 1. The number of nitriles is 2. The molecule has 0 spiro atoms. The molecule has 1 atom stereocenters. The quantitative estimate of drug-likeness (QED) is 0.406. The maximum Gasteiger partial charge on any atom is 0.334 e. The van der Waals surface area contributed by atoms with Crippen molar-refractivity contribution < 1.29 is 9.53 Å². The molecule has 0 fully saturated rings. The summed E-state index contributed by atoms with van der Waals surface area (Å²) in [7, 11) is 0. The summed E-state index contributed by atoms with van der Waals surface area (Å²) < 4.78 is 5.35. The Balaban J connectivity index is 2.13. The molecular formula is C29H21ClN2O2. The van der Waals surface area contributed by atoms with E-state index >= 15 is 0 Å². The molecule has 0 saturated carbocycles. The third-order valence-corrected chi connectivity index (χ3v) is 6.29. The standard InChI is InChI=1S/C29H21ClN2O2/c1-2-34-28(33)23-17-24(26(20-11-5-3-6-12-20)21-13-7-4-8-14-21)29(18-31,19-32)27(23)22-15-9-10-16-25(22)30/h3-17,27H,2H2,1H3/t27-/m1/s1. The van der Waals surface area contributed by atoms with E-state index in [0.29, 0.717) is 21.7 Å². The van der Waals surface area contributed by atoms with Gasteiger partial charge in [0.1, 0.15) is 0 Å². The first kappa shape index (κ1) is 23.1.